The van der Waals surface area contributed by atoms with E-state index in [-0.39, 0.29) is 18.4 Å². The van der Waals surface area contributed by atoms with E-state index in [1.165, 1.54) is 19.1 Å². The van der Waals surface area contributed by atoms with E-state index in [4.69, 9.17) is 23.7 Å². The van der Waals surface area contributed by atoms with Crippen molar-refractivity contribution in [2.24, 2.45) is 5.41 Å². The van der Waals surface area contributed by atoms with Gasteiger partial charge in [-0.2, -0.15) is 0 Å². The third-order valence-corrected chi connectivity index (χ3v) is 10.3. The van der Waals surface area contributed by atoms with Crippen molar-refractivity contribution >= 4 is 17.7 Å². The largest absolute Gasteiger partial charge is 0.495 e. The Bertz CT molecular complexity index is 1160. The molecule has 4 saturated heterocycles. The number of benzene rings is 1. The zero-order valence-electron chi connectivity index (χ0n) is 20.3. The molecule has 1 aromatic rings. The van der Waals surface area contributed by atoms with Gasteiger partial charge in [-0.05, 0) is 30.9 Å². The van der Waals surface area contributed by atoms with Gasteiger partial charge in [-0.3, -0.25) is 9.80 Å². The molecule has 0 radical (unpaired) electrons. The van der Waals surface area contributed by atoms with Crippen LogP contribution in [0, 0.1) is 5.41 Å². The van der Waals surface area contributed by atoms with Crippen LogP contribution in [0.2, 0.25) is 0 Å². The number of rotatable bonds is 3. The Labute approximate surface area is 203 Å². The standard InChI is InChI=1S/C25H30N2O8/c1-31-14-7-5-6-13-17(14)27(21(29)34-4)24-9-8-22-15(32-2)12-16(26-11-10-23(13,24)18(22)26)35-19(22)25(24,30)20(28)33-3/h5-7,15-16,18-19,30H,8-12H2,1-4H3/t15-,16+,18-,19+,22+,23+,24-,25+/m0/s1. The molecule has 7 fully saturated rings. The molecule has 10 nitrogen and oxygen atoms in total. The van der Waals surface area contributed by atoms with Crippen LogP contribution in [-0.4, -0.2) is 92.7 Å². The number of nitrogens with zero attached hydrogens (tertiary/aromatic N) is 2. The second-order valence-electron chi connectivity index (χ2n) is 10.7. The summed E-state index contributed by atoms with van der Waals surface area (Å²) < 4.78 is 29.0. The Morgan fingerprint density at radius 2 is 1.91 bits per heavy atom. The Hall–Kier alpha value is -2.40. The van der Waals surface area contributed by atoms with Crippen molar-refractivity contribution in [2.75, 3.05) is 39.9 Å². The molecular weight excluding hydrogens is 456 g/mol. The highest BCUT2D eigenvalue weighted by atomic mass is 16.6. The molecule has 5 aliphatic heterocycles. The first-order valence-electron chi connectivity index (χ1n) is 12.2. The molecule has 3 aliphatic carbocycles. The molecule has 5 heterocycles. The summed E-state index contributed by atoms with van der Waals surface area (Å²) in [5.41, 5.74) is -3.54. The van der Waals surface area contributed by atoms with Gasteiger partial charge in [0, 0.05) is 36.9 Å². The van der Waals surface area contributed by atoms with Crippen LogP contribution in [0.4, 0.5) is 10.5 Å². The number of fused-ring (bicyclic) bond motifs is 3. The van der Waals surface area contributed by atoms with Crippen molar-refractivity contribution in [2.45, 2.75) is 66.7 Å². The lowest BCUT2D eigenvalue weighted by Crippen LogP contribution is -2.95. The van der Waals surface area contributed by atoms with Gasteiger partial charge in [0.25, 0.3) is 0 Å². The van der Waals surface area contributed by atoms with Crippen molar-refractivity contribution in [1.82, 2.24) is 4.90 Å². The van der Waals surface area contributed by atoms with Gasteiger partial charge in [0.1, 0.15) is 23.6 Å². The Kier molecular flexibility index (Phi) is 4.04. The molecule has 9 rings (SSSR count). The van der Waals surface area contributed by atoms with Gasteiger partial charge in [0.2, 0.25) is 5.60 Å². The lowest BCUT2D eigenvalue weighted by molar-refractivity contribution is -0.391. The minimum absolute atomic E-state index is 0.100. The summed E-state index contributed by atoms with van der Waals surface area (Å²) in [4.78, 5) is 31.3. The van der Waals surface area contributed by atoms with Crippen LogP contribution in [0.5, 0.6) is 5.75 Å². The molecule has 8 aliphatic rings. The van der Waals surface area contributed by atoms with E-state index in [2.05, 4.69) is 4.90 Å². The highest BCUT2D eigenvalue weighted by Crippen LogP contribution is 2.80. The Morgan fingerprint density at radius 1 is 1.11 bits per heavy atom. The SMILES string of the molecule is COC(=O)N1c2c(OC)cccc2[C@@]23CCN4[C@H]5C[C@H](OC)[C@]6(CC[C@]12[C@](O)(C(=O)OC)[C@@H]6O5)[C@H]43. The molecule has 35 heavy (non-hydrogen) atoms. The van der Waals surface area contributed by atoms with E-state index in [1.807, 2.05) is 12.1 Å². The third kappa shape index (κ3) is 1.84. The molecule has 1 aromatic carbocycles. The molecule has 8 atom stereocenters. The van der Waals surface area contributed by atoms with Gasteiger partial charge in [-0.15, -0.1) is 0 Å². The van der Waals surface area contributed by atoms with Gasteiger partial charge in [-0.1, -0.05) is 12.1 Å². The smallest absolute Gasteiger partial charge is 0.414 e. The van der Waals surface area contributed by atoms with E-state index < -0.39 is 40.1 Å². The van der Waals surface area contributed by atoms with E-state index in [0.717, 1.165) is 5.56 Å². The number of ether oxygens (including phenoxy) is 5. The molecule has 3 saturated carbocycles. The van der Waals surface area contributed by atoms with Crippen molar-refractivity contribution in [3.05, 3.63) is 23.8 Å². The maximum atomic E-state index is 13.8. The van der Waals surface area contributed by atoms with Crippen LogP contribution in [0.25, 0.3) is 0 Å². The van der Waals surface area contributed by atoms with Crippen LogP contribution < -0.4 is 9.64 Å². The summed E-state index contributed by atoms with van der Waals surface area (Å²) in [6, 6.07) is 5.60. The first-order valence-corrected chi connectivity index (χ1v) is 12.2. The van der Waals surface area contributed by atoms with E-state index in [1.54, 1.807) is 20.3 Å². The lowest BCUT2D eigenvalue weighted by atomic mass is 9.35. The summed E-state index contributed by atoms with van der Waals surface area (Å²) in [7, 11) is 5.82. The highest BCUT2D eigenvalue weighted by molar-refractivity contribution is 6.01. The quantitative estimate of drug-likeness (QED) is 0.630. The minimum atomic E-state index is -2.15. The first-order chi connectivity index (χ1) is 16.8. The van der Waals surface area contributed by atoms with Crippen molar-refractivity contribution in [3.8, 4) is 5.75 Å². The zero-order chi connectivity index (χ0) is 24.5. The van der Waals surface area contributed by atoms with Crippen LogP contribution in [0.1, 0.15) is 31.2 Å². The minimum Gasteiger partial charge on any atom is -0.495 e. The molecule has 1 amide bonds. The van der Waals surface area contributed by atoms with Crippen molar-refractivity contribution in [3.63, 3.8) is 0 Å². The molecule has 0 aromatic heterocycles. The number of hydrogen-bond acceptors (Lipinski definition) is 9. The fourth-order valence-corrected chi connectivity index (χ4v) is 9.63. The monoisotopic (exact) mass is 486 g/mol. The predicted octanol–water partition coefficient (Wildman–Crippen LogP) is 1.17. The molecule has 1 N–H and O–H groups in total. The number of amides is 1. The maximum Gasteiger partial charge on any atom is 0.414 e. The van der Waals surface area contributed by atoms with Crippen LogP contribution in [0.15, 0.2) is 18.2 Å². The number of piperidine rings is 1. The van der Waals surface area contributed by atoms with Gasteiger partial charge < -0.3 is 28.8 Å². The fraction of sp³-hybridized carbons (Fsp3) is 0.680. The lowest BCUT2D eigenvalue weighted by Gasteiger charge is -2.78. The highest BCUT2D eigenvalue weighted by Gasteiger charge is 2.94. The summed E-state index contributed by atoms with van der Waals surface area (Å²) in [6.45, 7) is 0.713. The number of carbonyl (C=O) groups excluding carboxylic acids is 2. The molecule has 3 spiro atoms. The number of aliphatic hydroxyl groups is 1. The molecular formula is C25H30N2O8. The van der Waals surface area contributed by atoms with E-state index in [0.29, 0.717) is 43.7 Å². The average Bonchev–Trinajstić information content (AvgIpc) is 3.45. The summed E-state index contributed by atoms with van der Waals surface area (Å²) in [5, 5.41) is 12.8. The van der Waals surface area contributed by atoms with Crippen LogP contribution in [0.3, 0.4) is 0 Å². The first kappa shape index (κ1) is 21.8. The predicted molar refractivity (Wildman–Crippen MR) is 120 cm³/mol. The van der Waals surface area contributed by atoms with E-state index in [9.17, 15) is 14.7 Å². The maximum absolute atomic E-state index is 13.8. The van der Waals surface area contributed by atoms with Crippen molar-refractivity contribution in [1.29, 1.82) is 0 Å². The number of esters is 1. The Balaban J connectivity index is 1.65. The zero-order valence-corrected chi connectivity index (χ0v) is 20.3. The summed E-state index contributed by atoms with van der Waals surface area (Å²) >= 11 is 0. The topological polar surface area (TPSA) is 107 Å². The van der Waals surface area contributed by atoms with Gasteiger partial charge in [0.15, 0.2) is 0 Å². The second kappa shape index (κ2) is 6.47. The molecule has 5 bridgehead atoms. The number of carbonyl (C=O) groups is 2. The number of methoxy groups -OCH3 is 4. The molecule has 10 heteroatoms. The summed E-state index contributed by atoms with van der Waals surface area (Å²) in [6.07, 6.45) is 0.209. The van der Waals surface area contributed by atoms with Crippen LogP contribution >= 0.6 is 0 Å². The van der Waals surface area contributed by atoms with Crippen LogP contribution in [-0.2, 0) is 29.2 Å². The number of anilines is 1. The molecule has 0 unspecified atom stereocenters. The third-order valence-electron chi connectivity index (χ3n) is 10.3. The average molecular weight is 487 g/mol. The Morgan fingerprint density at radius 3 is 2.60 bits per heavy atom. The van der Waals surface area contributed by atoms with E-state index >= 15 is 0 Å². The second-order valence-corrected chi connectivity index (χ2v) is 10.7. The molecule has 188 valence electrons. The summed E-state index contributed by atoms with van der Waals surface area (Å²) in [5.74, 6) is -0.317. The van der Waals surface area contributed by atoms with Gasteiger partial charge in [0.05, 0.1) is 33.1 Å². The normalized spacial score (nSPS) is 45.8. The van der Waals surface area contributed by atoms with Crippen molar-refractivity contribution < 1.29 is 38.4 Å². The fourth-order valence-electron chi connectivity index (χ4n) is 9.63. The van der Waals surface area contributed by atoms with Gasteiger partial charge >= 0.3 is 12.1 Å². The van der Waals surface area contributed by atoms with Gasteiger partial charge in [-0.25, -0.2) is 9.59 Å². The number of para-hydroxylation sites is 1. The number of hydrogen-bond donors (Lipinski definition) is 1.